The van der Waals surface area contributed by atoms with Gasteiger partial charge in [-0.25, -0.2) is 14.8 Å². The summed E-state index contributed by atoms with van der Waals surface area (Å²) >= 11 is 1.37. The van der Waals surface area contributed by atoms with E-state index in [1.54, 1.807) is 31.2 Å². The lowest BCUT2D eigenvalue weighted by Gasteiger charge is -2.12. The maximum absolute atomic E-state index is 12.1. The number of hydrogen-bond donors (Lipinski definition) is 1. The maximum atomic E-state index is 12.1. The first-order chi connectivity index (χ1) is 12.9. The fraction of sp³-hybridized carbons (Fsp3) is 0.368. The molecule has 0 spiro atoms. The molecule has 0 radical (unpaired) electrons. The van der Waals surface area contributed by atoms with E-state index in [2.05, 4.69) is 15.3 Å². The molecule has 0 amide bonds. The van der Waals surface area contributed by atoms with Crippen LogP contribution in [0, 0.1) is 5.92 Å². The number of anilines is 2. The van der Waals surface area contributed by atoms with E-state index < -0.39 is 5.97 Å². The quantitative estimate of drug-likeness (QED) is 0.313. The van der Waals surface area contributed by atoms with Gasteiger partial charge in [-0.15, -0.1) is 0 Å². The van der Waals surface area contributed by atoms with Crippen LogP contribution in [0.2, 0.25) is 0 Å². The zero-order valence-corrected chi connectivity index (χ0v) is 16.6. The molecule has 0 bridgehead atoms. The average molecular weight is 389 g/mol. The topological polar surface area (TPSA) is 90.4 Å². The molecule has 0 aliphatic rings. The molecule has 1 aromatic heterocycles. The zero-order chi connectivity index (χ0) is 19.8. The second kappa shape index (κ2) is 9.91. The van der Waals surface area contributed by atoms with E-state index in [1.165, 1.54) is 18.0 Å². The number of carbonyl (C=O) groups is 2. The molecule has 1 aromatic carbocycles. The van der Waals surface area contributed by atoms with E-state index in [-0.39, 0.29) is 24.1 Å². The molecule has 0 atom stereocenters. The summed E-state index contributed by atoms with van der Waals surface area (Å²) in [5.74, 6) is 0.299. The normalized spacial score (nSPS) is 10.6. The molecule has 2 aromatic rings. The first-order valence-electron chi connectivity index (χ1n) is 8.58. The van der Waals surface area contributed by atoms with Gasteiger partial charge in [0.2, 0.25) is 0 Å². The Morgan fingerprint density at radius 3 is 2.52 bits per heavy atom. The van der Waals surface area contributed by atoms with E-state index in [0.717, 1.165) is 0 Å². The number of ether oxygens (including phenoxy) is 2. The molecule has 2 rings (SSSR count). The number of hydrogen-bond acceptors (Lipinski definition) is 8. The lowest BCUT2D eigenvalue weighted by Crippen LogP contribution is -2.11. The number of aromatic nitrogens is 2. The van der Waals surface area contributed by atoms with E-state index in [0.29, 0.717) is 28.8 Å². The van der Waals surface area contributed by atoms with Crippen LogP contribution < -0.4 is 10.1 Å². The van der Waals surface area contributed by atoms with E-state index in [9.17, 15) is 9.59 Å². The lowest BCUT2D eigenvalue weighted by atomic mass is 10.1. The summed E-state index contributed by atoms with van der Waals surface area (Å²) < 4.78 is 10.3. The Kier molecular flexibility index (Phi) is 7.60. The SMILES string of the molecule is CCOC(=O)c1cnc(SC)nc1Nc1ccc(OC(=O)CC(C)C)cc1. The lowest BCUT2D eigenvalue weighted by molar-refractivity contribution is -0.135. The number of carbonyl (C=O) groups excluding carboxylic acids is 2. The summed E-state index contributed by atoms with van der Waals surface area (Å²) in [7, 11) is 0. The van der Waals surface area contributed by atoms with Gasteiger partial charge in [-0.3, -0.25) is 4.79 Å². The highest BCUT2D eigenvalue weighted by molar-refractivity contribution is 7.98. The fourth-order valence-electron chi connectivity index (χ4n) is 2.17. The molecule has 0 saturated carbocycles. The van der Waals surface area contributed by atoms with Crippen LogP contribution in [-0.4, -0.2) is 34.8 Å². The third kappa shape index (κ3) is 6.25. The van der Waals surface area contributed by atoms with Crippen molar-refractivity contribution < 1.29 is 19.1 Å². The Bertz CT molecular complexity index is 794. The van der Waals surface area contributed by atoms with Crippen molar-refractivity contribution >= 4 is 35.2 Å². The summed E-state index contributed by atoms with van der Waals surface area (Å²) in [6.07, 6.45) is 3.66. The highest BCUT2D eigenvalue weighted by Gasteiger charge is 2.16. The van der Waals surface area contributed by atoms with Gasteiger partial charge in [-0.2, -0.15) is 0 Å². The third-order valence-corrected chi connectivity index (χ3v) is 3.93. The van der Waals surface area contributed by atoms with E-state index >= 15 is 0 Å². The first kappa shape index (κ1) is 20.7. The summed E-state index contributed by atoms with van der Waals surface area (Å²) in [6, 6.07) is 6.85. The van der Waals surface area contributed by atoms with Crippen LogP contribution in [0.15, 0.2) is 35.6 Å². The number of nitrogens with zero attached hydrogens (tertiary/aromatic N) is 2. The van der Waals surface area contributed by atoms with Gasteiger partial charge in [0.05, 0.1) is 6.61 Å². The van der Waals surface area contributed by atoms with Crippen LogP contribution >= 0.6 is 11.8 Å². The summed E-state index contributed by atoms with van der Waals surface area (Å²) in [6.45, 7) is 5.92. The molecule has 0 aliphatic heterocycles. The van der Waals surface area contributed by atoms with Crippen molar-refractivity contribution in [3.05, 3.63) is 36.0 Å². The predicted molar refractivity (Wildman–Crippen MR) is 105 cm³/mol. The monoisotopic (exact) mass is 389 g/mol. The molecule has 8 heteroatoms. The van der Waals surface area contributed by atoms with Crippen LogP contribution in [0.4, 0.5) is 11.5 Å². The van der Waals surface area contributed by atoms with Crippen LogP contribution in [0.25, 0.3) is 0 Å². The van der Waals surface area contributed by atoms with Crippen LogP contribution in [-0.2, 0) is 9.53 Å². The van der Waals surface area contributed by atoms with Crippen molar-refractivity contribution in [1.82, 2.24) is 9.97 Å². The van der Waals surface area contributed by atoms with Gasteiger partial charge in [-0.1, -0.05) is 25.6 Å². The molecular weight excluding hydrogens is 366 g/mol. The molecule has 0 aliphatic carbocycles. The number of thioether (sulfide) groups is 1. The first-order valence-corrected chi connectivity index (χ1v) is 9.81. The van der Waals surface area contributed by atoms with Crippen molar-refractivity contribution in [3.63, 3.8) is 0 Å². The summed E-state index contributed by atoms with van der Waals surface area (Å²) in [5, 5.41) is 3.63. The second-order valence-corrected chi connectivity index (χ2v) is 6.83. The Hall–Kier alpha value is -2.61. The number of esters is 2. The Morgan fingerprint density at radius 1 is 1.22 bits per heavy atom. The van der Waals surface area contributed by atoms with Gasteiger partial charge in [0.25, 0.3) is 0 Å². The van der Waals surface area contributed by atoms with Crippen LogP contribution in [0.1, 0.15) is 37.6 Å². The predicted octanol–water partition coefficient (Wildman–Crippen LogP) is 4.07. The summed E-state index contributed by atoms with van der Waals surface area (Å²) in [5.41, 5.74) is 0.942. The molecule has 1 N–H and O–H groups in total. The van der Waals surface area contributed by atoms with Crippen molar-refractivity contribution in [2.45, 2.75) is 32.3 Å². The Labute approximate surface area is 162 Å². The molecule has 27 heavy (non-hydrogen) atoms. The maximum Gasteiger partial charge on any atom is 0.343 e. The minimum absolute atomic E-state index is 0.239. The Balaban J connectivity index is 2.16. The van der Waals surface area contributed by atoms with Crippen molar-refractivity contribution in [2.75, 3.05) is 18.2 Å². The van der Waals surface area contributed by atoms with Crippen molar-refractivity contribution in [1.29, 1.82) is 0 Å². The third-order valence-electron chi connectivity index (χ3n) is 3.37. The molecule has 0 unspecified atom stereocenters. The standard InChI is InChI=1S/C19H23N3O4S/c1-5-25-18(24)15-11-20-19(27-4)22-17(15)21-13-6-8-14(9-7-13)26-16(23)10-12(2)3/h6-9,11-12H,5,10H2,1-4H3,(H,20,21,22). The smallest absolute Gasteiger partial charge is 0.343 e. The minimum atomic E-state index is -0.494. The largest absolute Gasteiger partial charge is 0.462 e. The fourth-order valence-corrected chi connectivity index (χ4v) is 2.51. The van der Waals surface area contributed by atoms with Gasteiger partial charge in [-0.05, 0) is 43.4 Å². The number of rotatable bonds is 8. The highest BCUT2D eigenvalue weighted by Crippen LogP contribution is 2.24. The van der Waals surface area contributed by atoms with E-state index in [4.69, 9.17) is 9.47 Å². The number of nitrogens with one attached hydrogen (secondary N) is 1. The second-order valence-electron chi connectivity index (χ2n) is 6.06. The zero-order valence-electron chi connectivity index (χ0n) is 15.8. The Morgan fingerprint density at radius 2 is 1.93 bits per heavy atom. The molecular formula is C19H23N3O4S. The molecule has 1 heterocycles. The number of benzene rings is 1. The van der Waals surface area contributed by atoms with Crippen molar-refractivity contribution in [2.24, 2.45) is 5.92 Å². The van der Waals surface area contributed by atoms with Gasteiger partial charge in [0.15, 0.2) is 5.16 Å². The van der Waals surface area contributed by atoms with Gasteiger partial charge >= 0.3 is 11.9 Å². The van der Waals surface area contributed by atoms with Gasteiger partial charge < -0.3 is 14.8 Å². The average Bonchev–Trinajstić information content (AvgIpc) is 2.62. The van der Waals surface area contributed by atoms with Gasteiger partial charge in [0, 0.05) is 18.3 Å². The molecule has 0 fully saturated rings. The molecule has 144 valence electrons. The van der Waals surface area contributed by atoms with Crippen molar-refractivity contribution in [3.8, 4) is 5.75 Å². The highest BCUT2D eigenvalue weighted by atomic mass is 32.2. The molecule has 0 saturated heterocycles. The van der Waals surface area contributed by atoms with Crippen LogP contribution in [0.5, 0.6) is 5.75 Å². The minimum Gasteiger partial charge on any atom is -0.462 e. The summed E-state index contributed by atoms with van der Waals surface area (Å²) in [4.78, 5) is 32.3. The van der Waals surface area contributed by atoms with Gasteiger partial charge in [0.1, 0.15) is 17.1 Å². The molecule has 7 nitrogen and oxygen atoms in total. The van der Waals surface area contributed by atoms with Crippen LogP contribution in [0.3, 0.4) is 0 Å². The van der Waals surface area contributed by atoms with E-state index in [1.807, 2.05) is 20.1 Å².